The summed E-state index contributed by atoms with van der Waals surface area (Å²) in [6.07, 6.45) is 0. The van der Waals surface area contributed by atoms with Crippen LogP contribution in [-0.2, 0) is 5.41 Å². The molecule has 1 heterocycles. The molecule has 3 aromatic carbocycles. The first-order chi connectivity index (χ1) is 13.8. The minimum atomic E-state index is -0.713. The van der Waals surface area contributed by atoms with Crippen molar-refractivity contribution in [1.29, 1.82) is 10.5 Å². The van der Waals surface area contributed by atoms with E-state index in [2.05, 4.69) is 52.4 Å². The number of nitriles is 2. The molecular formula is C24H14N4. The molecule has 28 heavy (non-hydrogen) atoms. The maximum atomic E-state index is 9.48. The van der Waals surface area contributed by atoms with Crippen molar-refractivity contribution in [3.8, 4) is 23.3 Å². The van der Waals surface area contributed by atoms with Gasteiger partial charge in [-0.2, -0.15) is 10.5 Å². The van der Waals surface area contributed by atoms with Crippen LogP contribution in [-0.4, -0.2) is 9.97 Å². The summed E-state index contributed by atoms with van der Waals surface area (Å²) in [5.41, 5.74) is 5.08. The Morgan fingerprint density at radius 2 is 1.29 bits per heavy atom. The lowest BCUT2D eigenvalue weighted by molar-refractivity contribution is 0.709. The lowest BCUT2D eigenvalue weighted by atomic mass is 9.72. The van der Waals surface area contributed by atoms with Gasteiger partial charge in [0.1, 0.15) is 23.4 Å². The van der Waals surface area contributed by atoms with Crippen LogP contribution in [0.5, 0.6) is 0 Å². The summed E-state index contributed by atoms with van der Waals surface area (Å²) in [6, 6.07) is 30.7. The molecule has 0 unspecified atom stereocenters. The molecule has 0 amide bonds. The summed E-state index contributed by atoms with van der Waals surface area (Å²) in [5.74, 6) is 0.587. The zero-order valence-electron chi connectivity index (χ0n) is 14.8. The number of hydrogen-bond acceptors (Lipinski definition) is 3. The smallest absolute Gasteiger partial charge is 0.176 e. The molecule has 1 aromatic heterocycles. The predicted molar refractivity (Wildman–Crippen MR) is 105 cm³/mol. The number of nitrogens with zero attached hydrogens (tertiary/aromatic N) is 3. The Morgan fingerprint density at radius 1 is 0.714 bits per heavy atom. The Hall–Kier alpha value is -4.15. The fraction of sp³-hybridized carbons (Fsp3) is 0.0417. The first-order valence-electron chi connectivity index (χ1n) is 8.96. The highest BCUT2D eigenvalue weighted by molar-refractivity contribution is 5.85. The molecule has 1 N–H and O–H groups in total. The van der Waals surface area contributed by atoms with Gasteiger partial charge >= 0.3 is 0 Å². The summed E-state index contributed by atoms with van der Waals surface area (Å²) in [5, 5.41) is 18.9. The number of fused-ring (bicyclic) bond motifs is 3. The molecule has 0 fully saturated rings. The molecule has 0 saturated heterocycles. The van der Waals surface area contributed by atoms with Gasteiger partial charge in [0.25, 0.3) is 0 Å². The van der Waals surface area contributed by atoms with E-state index < -0.39 is 5.41 Å². The normalized spacial score (nSPS) is 13.2. The average Bonchev–Trinajstić information content (AvgIpc) is 3.32. The molecular weight excluding hydrogens is 344 g/mol. The lowest BCUT2D eigenvalue weighted by Gasteiger charge is -2.30. The molecule has 4 aromatic rings. The Balaban J connectivity index is 1.97. The molecule has 0 radical (unpaired) electrons. The van der Waals surface area contributed by atoms with Crippen molar-refractivity contribution in [3.63, 3.8) is 0 Å². The topological polar surface area (TPSA) is 76.3 Å². The van der Waals surface area contributed by atoms with Crippen molar-refractivity contribution < 1.29 is 0 Å². The van der Waals surface area contributed by atoms with Crippen LogP contribution in [0.15, 0.2) is 78.9 Å². The number of benzene rings is 3. The van der Waals surface area contributed by atoms with Gasteiger partial charge in [-0.1, -0.05) is 78.9 Å². The molecule has 130 valence electrons. The van der Waals surface area contributed by atoms with E-state index in [-0.39, 0.29) is 11.4 Å². The lowest BCUT2D eigenvalue weighted by Crippen LogP contribution is -2.30. The minimum Gasteiger partial charge on any atom is -0.331 e. The van der Waals surface area contributed by atoms with Gasteiger partial charge in [-0.25, -0.2) is 4.98 Å². The maximum absolute atomic E-state index is 9.48. The highest BCUT2D eigenvalue weighted by Gasteiger charge is 2.48. The van der Waals surface area contributed by atoms with Crippen LogP contribution >= 0.6 is 0 Å². The summed E-state index contributed by atoms with van der Waals surface area (Å²) < 4.78 is 0. The Labute approximate surface area is 162 Å². The molecule has 5 rings (SSSR count). The number of nitrogens with one attached hydrogen (secondary N) is 1. The first-order valence-corrected chi connectivity index (χ1v) is 8.96. The second kappa shape index (κ2) is 5.94. The second-order valence-electron chi connectivity index (χ2n) is 6.74. The van der Waals surface area contributed by atoms with E-state index in [1.807, 2.05) is 48.5 Å². The van der Waals surface area contributed by atoms with Crippen LogP contribution < -0.4 is 0 Å². The number of rotatable bonds is 2. The van der Waals surface area contributed by atoms with Crippen molar-refractivity contribution in [1.82, 2.24) is 9.97 Å². The summed E-state index contributed by atoms with van der Waals surface area (Å²) >= 11 is 0. The van der Waals surface area contributed by atoms with Gasteiger partial charge in [0.15, 0.2) is 11.4 Å². The molecule has 1 aliphatic carbocycles. The van der Waals surface area contributed by atoms with Crippen molar-refractivity contribution in [2.75, 3.05) is 0 Å². The second-order valence-corrected chi connectivity index (χ2v) is 6.74. The predicted octanol–water partition coefficient (Wildman–Crippen LogP) is 4.52. The molecule has 0 atom stereocenters. The minimum absolute atomic E-state index is 0.120. The van der Waals surface area contributed by atoms with E-state index in [1.165, 1.54) is 0 Å². The number of aromatic nitrogens is 2. The Bertz CT molecular complexity index is 1210. The molecule has 0 aliphatic heterocycles. The molecule has 4 heteroatoms. The summed E-state index contributed by atoms with van der Waals surface area (Å²) in [6.45, 7) is 0. The maximum Gasteiger partial charge on any atom is 0.176 e. The standard InChI is InChI=1S/C24H14N4/c25-14-21-22(15-26)28-23(27-21)24(16-8-2-1-3-9-16)19-12-6-4-10-17(19)18-11-5-7-13-20(18)24/h1-13H,(H,27,28). The quantitative estimate of drug-likeness (QED) is 0.504. The molecule has 0 saturated carbocycles. The highest BCUT2D eigenvalue weighted by atomic mass is 15.0. The zero-order valence-corrected chi connectivity index (χ0v) is 14.8. The van der Waals surface area contributed by atoms with Gasteiger partial charge in [0.2, 0.25) is 0 Å². The van der Waals surface area contributed by atoms with Crippen LogP contribution in [0.4, 0.5) is 0 Å². The van der Waals surface area contributed by atoms with E-state index in [4.69, 9.17) is 0 Å². The van der Waals surface area contributed by atoms with Crippen LogP contribution in [0, 0.1) is 22.7 Å². The SMILES string of the molecule is N#Cc1nc(C2(c3ccccc3)c3ccccc3-c3ccccc32)[nH]c1C#N. The van der Waals surface area contributed by atoms with E-state index in [0.29, 0.717) is 5.82 Å². The molecule has 0 spiro atoms. The van der Waals surface area contributed by atoms with Crippen molar-refractivity contribution >= 4 is 0 Å². The number of aromatic amines is 1. The van der Waals surface area contributed by atoms with Crippen molar-refractivity contribution in [2.24, 2.45) is 0 Å². The monoisotopic (exact) mass is 358 g/mol. The van der Waals surface area contributed by atoms with Gasteiger partial charge < -0.3 is 4.98 Å². The van der Waals surface area contributed by atoms with Crippen LogP contribution in [0.3, 0.4) is 0 Å². The van der Waals surface area contributed by atoms with Crippen LogP contribution in [0.1, 0.15) is 33.9 Å². The Morgan fingerprint density at radius 3 is 1.82 bits per heavy atom. The van der Waals surface area contributed by atoms with Crippen molar-refractivity contribution in [3.05, 3.63) is 113 Å². The largest absolute Gasteiger partial charge is 0.331 e. The van der Waals surface area contributed by atoms with E-state index >= 15 is 0 Å². The molecule has 1 aliphatic rings. The number of imidazole rings is 1. The van der Waals surface area contributed by atoms with Crippen molar-refractivity contribution in [2.45, 2.75) is 5.41 Å². The molecule has 4 nitrogen and oxygen atoms in total. The van der Waals surface area contributed by atoms with E-state index in [9.17, 15) is 10.5 Å². The van der Waals surface area contributed by atoms with Gasteiger partial charge in [-0.3, -0.25) is 0 Å². The fourth-order valence-electron chi connectivity index (χ4n) is 4.34. The third kappa shape index (κ3) is 1.95. The summed E-state index contributed by atoms with van der Waals surface area (Å²) in [7, 11) is 0. The zero-order chi connectivity index (χ0) is 19.1. The van der Waals surface area contributed by atoms with Crippen LogP contribution in [0.2, 0.25) is 0 Å². The van der Waals surface area contributed by atoms with Gasteiger partial charge in [-0.15, -0.1) is 0 Å². The van der Waals surface area contributed by atoms with E-state index in [0.717, 1.165) is 27.8 Å². The number of hydrogen-bond donors (Lipinski definition) is 1. The first kappa shape index (κ1) is 16.1. The fourth-order valence-corrected chi connectivity index (χ4v) is 4.34. The third-order valence-electron chi connectivity index (χ3n) is 5.44. The average molecular weight is 358 g/mol. The Kier molecular flexibility index (Phi) is 3.41. The highest BCUT2D eigenvalue weighted by Crippen LogP contribution is 2.55. The summed E-state index contributed by atoms with van der Waals surface area (Å²) in [4.78, 5) is 7.74. The van der Waals surface area contributed by atoms with Crippen LogP contribution in [0.25, 0.3) is 11.1 Å². The van der Waals surface area contributed by atoms with Gasteiger partial charge in [-0.05, 0) is 27.8 Å². The van der Waals surface area contributed by atoms with Gasteiger partial charge in [0, 0.05) is 0 Å². The number of H-pyrrole nitrogens is 1. The third-order valence-corrected chi connectivity index (χ3v) is 5.44. The van der Waals surface area contributed by atoms with Gasteiger partial charge in [0.05, 0.1) is 0 Å². The van der Waals surface area contributed by atoms with E-state index in [1.54, 1.807) is 0 Å². The molecule has 0 bridgehead atoms.